The van der Waals surface area contributed by atoms with Gasteiger partial charge in [0.25, 0.3) is 5.91 Å². The average Bonchev–Trinajstić information content (AvgIpc) is 2.67. The summed E-state index contributed by atoms with van der Waals surface area (Å²) in [5.74, 6) is -1.13. The lowest BCUT2D eigenvalue weighted by Crippen LogP contribution is -2.50. The molecule has 1 saturated heterocycles. The van der Waals surface area contributed by atoms with Gasteiger partial charge in [-0.2, -0.15) is 5.26 Å². The van der Waals surface area contributed by atoms with E-state index in [4.69, 9.17) is 9.47 Å². The molecule has 1 aromatic rings. The second kappa shape index (κ2) is 9.49. The van der Waals surface area contributed by atoms with Crippen LogP contribution < -0.4 is 5.32 Å². The standard InChI is InChI=1S/C20H27N3O4/c1-15(2)20(3,14-21)22-18(24)13-27-19(25)17-6-4-16(5-7-17)12-23-8-10-26-11-9-23/h4-7,15H,8-13H2,1-3H3,(H,22,24)/t20-/m0/s1. The van der Waals surface area contributed by atoms with Gasteiger partial charge in [-0.3, -0.25) is 9.69 Å². The van der Waals surface area contributed by atoms with E-state index in [0.29, 0.717) is 5.56 Å². The second-order valence-corrected chi connectivity index (χ2v) is 7.18. The summed E-state index contributed by atoms with van der Waals surface area (Å²) in [7, 11) is 0. The molecule has 7 heteroatoms. The Morgan fingerprint density at radius 1 is 1.30 bits per heavy atom. The van der Waals surface area contributed by atoms with Crippen molar-refractivity contribution in [2.24, 2.45) is 5.92 Å². The predicted molar refractivity (Wildman–Crippen MR) is 99.8 cm³/mol. The zero-order valence-electron chi connectivity index (χ0n) is 16.2. The molecule has 0 aliphatic carbocycles. The number of nitrogens with zero attached hydrogens (tertiary/aromatic N) is 2. The third-order valence-electron chi connectivity index (χ3n) is 4.82. The molecular formula is C20H27N3O4. The molecule has 2 rings (SSSR count). The first-order valence-corrected chi connectivity index (χ1v) is 9.12. The zero-order chi connectivity index (χ0) is 19.9. The van der Waals surface area contributed by atoms with Crippen LogP contribution in [0.15, 0.2) is 24.3 Å². The Balaban J connectivity index is 1.83. The normalized spacial score (nSPS) is 17.0. The van der Waals surface area contributed by atoms with E-state index in [1.165, 1.54) is 0 Å². The first-order chi connectivity index (χ1) is 12.8. The molecule has 1 amide bonds. The maximum atomic E-state index is 12.1. The minimum absolute atomic E-state index is 0.0684. The molecule has 1 N–H and O–H groups in total. The van der Waals surface area contributed by atoms with Crippen molar-refractivity contribution in [1.82, 2.24) is 10.2 Å². The number of nitriles is 1. The smallest absolute Gasteiger partial charge is 0.338 e. The number of hydrogen-bond donors (Lipinski definition) is 1. The van der Waals surface area contributed by atoms with Crippen LogP contribution in [0.1, 0.15) is 36.7 Å². The molecule has 0 bridgehead atoms. The molecule has 0 saturated carbocycles. The summed E-state index contributed by atoms with van der Waals surface area (Å²) in [4.78, 5) is 26.4. The number of rotatable bonds is 7. The van der Waals surface area contributed by atoms with E-state index in [9.17, 15) is 14.9 Å². The number of morpholine rings is 1. The van der Waals surface area contributed by atoms with E-state index in [2.05, 4.69) is 16.3 Å². The Morgan fingerprint density at radius 3 is 2.48 bits per heavy atom. The fourth-order valence-corrected chi connectivity index (χ4v) is 2.61. The maximum absolute atomic E-state index is 12.1. The molecule has 1 aliphatic rings. The number of nitrogens with one attached hydrogen (secondary N) is 1. The number of carbonyl (C=O) groups excluding carboxylic acids is 2. The molecule has 7 nitrogen and oxygen atoms in total. The molecule has 1 heterocycles. The van der Waals surface area contributed by atoms with Crippen molar-refractivity contribution in [3.8, 4) is 6.07 Å². The Kier molecular flexibility index (Phi) is 7.34. The van der Waals surface area contributed by atoms with Gasteiger partial charge in [0.05, 0.1) is 24.8 Å². The molecule has 1 fully saturated rings. The van der Waals surface area contributed by atoms with Crippen LogP contribution in [0.2, 0.25) is 0 Å². The van der Waals surface area contributed by atoms with Gasteiger partial charge in [-0.05, 0) is 30.5 Å². The lowest BCUT2D eigenvalue weighted by Gasteiger charge is -2.27. The summed E-state index contributed by atoms with van der Waals surface area (Å²) in [5.41, 5.74) is 0.498. The third-order valence-corrected chi connectivity index (χ3v) is 4.82. The van der Waals surface area contributed by atoms with Gasteiger partial charge in [-0.25, -0.2) is 4.79 Å². The van der Waals surface area contributed by atoms with Gasteiger partial charge in [0.2, 0.25) is 0 Å². The van der Waals surface area contributed by atoms with E-state index in [0.717, 1.165) is 38.4 Å². The van der Waals surface area contributed by atoms with Crippen LogP contribution >= 0.6 is 0 Å². The van der Waals surface area contributed by atoms with Crippen molar-refractivity contribution in [3.05, 3.63) is 35.4 Å². The molecule has 27 heavy (non-hydrogen) atoms. The summed E-state index contributed by atoms with van der Waals surface area (Å²) in [6, 6.07) is 9.25. The fraction of sp³-hybridized carbons (Fsp3) is 0.550. The van der Waals surface area contributed by atoms with E-state index < -0.39 is 24.0 Å². The van der Waals surface area contributed by atoms with Crippen molar-refractivity contribution in [1.29, 1.82) is 5.26 Å². The van der Waals surface area contributed by atoms with Gasteiger partial charge < -0.3 is 14.8 Å². The van der Waals surface area contributed by atoms with E-state index in [-0.39, 0.29) is 5.92 Å². The SMILES string of the molecule is CC(C)[C@](C)(C#N)NC(=O)COC(=O)c1ccc(CN2CCOCC2)cc1. The van der Waals surface area contributed by atoms with Crippen LogP contribution in [0.3, 0.4) is 0 Å². The largest absolute Gasteiger partial charge is 0.452 e. The lowest BCUT2D eigenvalue weighted by molar-refractivity contribution is -0.125. The first-order valence-electron chi connectivity index (χ1n) is 9.12. The molecule has 0 unspecified atom stereocenters. The van der Waals surface area contributed by atoms with Crippen molar-refractivity contribution in [3.63, 3.8) is 0 Å². The molecule has 0 aromatic heterocycles. The molecule has 1 aromatic carbocycles. The predicted octanol–water partition coefficient (Wildman–Crippen LogP) is 1.73. The van der Waals surface area contributed by atoms with Crippen LogP contribution in [0.5, 0.6) is 0 Å². The summed E-state index contributed by atoms with van der Waals surface area (Å²) in [6.07, 6.45) is 0. The minimum Gasteiger partial charge on any atom is -0.452 e. The quantitative estimate of drug-likeness (QED) is 0.732. The third kappa shape index (κ3) is 6.05. The number of carbonyl (C=O) groups is 2. The van der Waals surface area contributed by atoms with Crippen molar-refractivity contribution >= 4 is 11.9 Å². The Labute approximate surface area is 160 Å². The summed E-state index contributed by atoms with van der Waals surface area (Å²) < 4.78 is 10.4. The zero-order valence-corrected chi connectivity index (χ0v) is 16.2. The second-order valence-electron chi connectivity index (χ2n) is 7.18. The van der Waals surface area contributed by atoms with Crippen molar-refractivity contribution in [2.45, 2.75) is 32.9 Å². The van der Waals surface area contributed by atoms with E-state index in [1.807, 2.05) is 26.0 Å². The highest BCUT2D eigenvalue weighted by atomic mass is 16.5. The fourth-order valence-electron chi connectivity index (χ4n) is 2.61. The lowest BCUT2D eigenvalue weighted by atomic mass is 9.90. The van der Waals surface area contributed by atoms with E-state index in [1.54, 1.807) is 19.1 Å². The molecule has 146 valence electrons. The first kappa shape index (κ1) is 20.9. The Morgan fingerprint density at radius 2 is 1.93 bits per heavy atom. The van der Waals surface area contributed by atoms with Crippen molar-refractivity contribution < 1.29 is 19.1 Å². The molecule has 1 atom stereocenters. The Hall–Kier alpha value is -2.43. The van der Waals surface area contributed by atoms with Gasteiger partial charge in [0, 0.05) is 19.6 Å². The monoisotopic (exact) mass is 373 g/mol. The summed E-state index contributed by atoms with van der Waals surface area (Å²) in [6.45, 7) is 9.00. The average molecular weight is 373 g/mol. The number of esters is 1. The van der Waals surface area contributed by atoms with Gasteiger partial charge in [-0.1, -0.05) is 26.0 Å². The van der Waals surface area contributed by atoms with Crippen LogP contribution in [0.25, 0.3) is 0 Å². The molecular weight excluding hydrogens is 346 g/mol. The highest BCUT2D eigenvalue weighted by Crippen LogP contribution is 2.15. The number of amides is 1. The van der Waals surface area contributed by atoms with Gasteiger partial charge >= 0.3 is 5.97 Å². The van der Waals surface area contributed by atoms with Crippen LogP contribution in [-0.2, 0) is 20.8 Å². The van der Waals surface area contributed by atoms with Gasteiger partial charge in [0.1, 0.15) is 5.54 Å². The number of ether oxygens (including phenoxy) is 2. The molecule has 1 aliphatic heterocycles. The van der Waals surface area contributed by atoms with Crippen molar-refractivity contribution in [2.75, 3.05) is 32.9 Å². The van der Waals surface area contributed by atoms with Gasteiger partial charge in [-0.15, -0.1) is 0 Å². The van der Waals surface area contributed by atoms with E-state index >= 15 is 0 Å². The molecule has 0 spiro atoms. The van der Waals surface area contributed by atoms with Crippen LogP contribution in [-0.4, -0.2) is 55.2 Å². The Bertz CT molecular complexity index is 690. The number of benzene rings is 1. The minimum atomic E-state index is -0.995. The highest BCUT2D eigenvalue weighted by molar-refractivity contribution is 5.91. The highest BCUT2D eigenvalue weighted by Gasteiger charge is 2.30. The summed E-state index contributed by atoms with van der Waals surface area (Å²) in [5, 5.41) is 11.8. The number of hydrogen-bond acceptors (Lipinski definition) is 6. The molecule has 0 radical (unpaired) electrons. The topological polar surface area (TPSA) is 91.7 Å². The summed E-state index contributed by atoms with van der Waals surface area (Å²) >= 11 is 0. The van der Waals surface area contributed by atoms with Crippen LogP contribution in [0.4, 0.5) is 0 Å². The maximum Gasteiger partial charge on any atom is 0.338 e. The van der Waals surface area contributed by atoms with Crippen LogP contribution in [0, 0.1) is 17.2 Å². The van der Waals surface area contributed by atoms with Gasteiger partial charge in [0.15, 0.2) is 6.61 Å².